The van der Waals surface area contributed by atoms with Crippen LogP contribution >= 0.6 is 12.2 Å². The molecule has 3 rings (SSSR count). The van der Waals surface area contributed by atoms with Gasteiger partial charge < -0.3 is 10.6 Å². The van der Waals surface area contributed by atoms with Crippen LogP contribution < -0.4 is 10.6 Å². The van der Waals surface area contributed by atoms with Gasteiger partial charge in [0, 0.05) is 35.8 Å². The Labute approximate surface area is 115 Å². The fraction of sp³-hybridized carbons (Fsp3) is 0.0714. The van der Waals surface area contributed by atoms with Crippen molar-refractivity contribution in [2.45, 2.75) is 6.54 Å². The van der Waals surface area contributed by atoms with Gasteiger partial charge in [0.1, 0.15) is 0 Å². The largest absolute Gasteiger partial charge is 0.358 e. The predicted molar refractivity (Wildman–Crippen MR) is 77.2 cm³/mol. The van der Waals surface area contributed by atoms with Crippen molar-refractivity contribution >= 4 is 28.8 Å². The third kappa shape index (κ3) is 2.32. The molecule has 0 spiro atoms. The average Bonchev–Trinajstić information content (AvgIpc) is 2.47. The molecule has 0 amide bonds. The highest BCUT2D eigenvalue weighted by Crippen LogP contribution is 2.21. The minimum atomic E-state index is -0.0240. The summed E-state index contributed by atoms with van der Waals surface area (Å²) < 4.78 is 0. The molecule has 0 saturated heterocycles. The molecule has 19 heavy (non-hydrogen) atoms. The van der Waals surface area contributed by atoms with Crippen molar-refractivity contribution in [2.24, 2.45) is 0 Å². The molecule has 1 aliphatic rings. The Bertz CT molecular complexity index is 655. The molecule has 0 unspecified atom stereocenters. The van der Waals surface area contributed by atoms with Crippen molar-refractivity contribution < 1.29 is 4.79 Å². The van der Waals surface area contributed by atoms with Crippen molar-refractivity contribution in [1.29, 1.82) is 0 Å². The van der Waals surface area contributed by atoms with Crippen LogP contribution in [0.25, 0.3) is 0 Å². The number of hydrogen-bond donors (Lipinski definition) is 2. The van der Waals surface area contributed by atoms with Crippen LogP contribution in [0.2, 0.25) is 0 Å². The van der Waals surface area contributed by atoms with E-state index in [0.29, 0.717) is 22.8 Å². The van der Waals surface area contributed by atoms with Gasteiger partial charge in [0.05, 0.1) is 0 Å². The third-order valence-corrected chi connectivity index (χ3v) is 3.23. The Morgan fingerprint density at radius 1 is 1.26 bits per heavy atom. The van der Waals surface area contributed by atoms with Crippen molar-refractivity contribution in [1.82, 2.24) is 10.3 Å². The van der Waals surface area contributed by atoms with E-state index in [-0.39, 0.29) is 5.78 Å². The summed E-state index contributed by atoms with van der Waals surface area (Å²) in [5, 5.41) is 6.71. The molecule has 2 N–H and O–H groups in total. The molecule has 94 valence electrons. The number of anilines is 1. The van der Waals surface area contributed by atoms with E-state index in [1.807, 2.05) is 12.1 Å². The van der Waals surface area contributed by atoms with Crippen LogP contribution in [0.5, 0.6) is 0 Å². The molecule has 4 nitrogen and oxygen atoms in total. The molecule has 0 saturated carbocycles. The zero-order valence-corrected chi connectivity index (χ0v) is 10.8. The maximum Gasteiger partial charge on any atom is 0.194 e. The smallest absolute Gasteiger partial charge is 0.194 e. The van der Waals surface area contributed by atoms with Crippen molar-refractivity contribution in [3.8, 4) is 0 Å². The van der Waals surface area contributed by atoms with Crippen LogP contribution in [0.4, 0.5) is 5.69 Å². The predicted octanol–water partition coefficient (Wildman–Crippen LogP) is 2.11. The highest BCUT2D eigenvalue weighted by Gasteiger charge is 2.15. The van der Waals surface area contributed by atoms with E-state index in [0.717, 1.165) is 11.3 Å². The Balaban J connectivity index is 1.95. The van der Waals surface area contributed by atoms with E-state index >= 15 is 0 Å². The van der Waals surface area contributed by atoms with Crippen molar-refractivity contribution in [3.63, 3.8) is 0 Å². The Kier molecular flexibility index (Phi) is 2.97. The quantitative estimate of drug-likeness (QED) is 0.646. The standard InChI is InChI=1S/C14H11N3OS/c18-13(10-2-1-5-15-7-10)9-3-4-12-11(6-9)8-16-14(19)17-12/h1-7H,8H2,(H2,16,17,19). The fourth-order valence-electron chi connectivity index (χ4n) is 2.01. The number of thiocarbonyl (C=S) groups is 1. The number of nitrogens with one attached hydrogen (secondary N) is 2. The summed E-state index contributed by atoms with van der Waals surface area (Å²) in [5.41, 5.74) is 3.23. The summed E-state index contributed by atoms with van der Waals surface area (Å²) in [6.45, 7) is 0.634. The SMILES string of the molecule is O=C(c1cccnc1)c1ccc2c(c1)CNC(=S)N2. The maximum absolute atomic E-state index is 12.3. The average molecular weight is 269 g/mol. The monoisotopic (exact) mass is 269 g/mol. The van der Waals surface area contributed by atoms with Gasteiger partial charge in [-0.05, 0) is 48.1 Å². The number of ketones is 1. The van der Waals surface area contributed by atoms with Gasteiger partial charge in [-0.1, -0.05) is 0 Å². The molecule has 2 heterocycles. The van der Waals surface area contributed by atoms with E-state index in [1.165, 1.54) is 0 Å². The molecule has 2 aromatic rings. The zero-order valence-electron chi connectivity index (χ0n) is 10.0. The number of benzene rings is 1. The van der Waals surface area contributed by atoms with Gasteiger partial charge in [0.2, 0.25) is 0 Å². The van der Waals surface area contributed by atoms with Gasteiger partial charge in [-0.3, -0.25) is 9.78 Å². The van der Waals surface area contributed by atoms with E-state index in [2.05, 4.69) is 15.6 Å². The number of carbonyl (C=O) groups is 1. The topological polar surface area (TPSA) is 54.0 Å². The van der Waals surface area contributed by atoms with E-state index in [4.69, 9.17) is 12.2 Å². The highest BCUT2D eigenvalue weighted by atomic mass is 32.1. The number of fused-ring (bicyclic) bond motifs is 1. The molecule has 1 aliphatic heterocycles. The van der Waals surface area contributed by atoms with Gasteiger partial charge in [0.15, 0.2) is 10.9 Å². The third-order valence-electron chi connectivity index (χ3n) is 2.98. The Morgan fingerprint density at radius 2 is 2.16 bits per heavy atom. The minimum Gasteiger partial charge on any atom is -0.358 e. The lowest BCUT2D eigenvalue weighted by atomic mass is 10.0. The number of nitrogens with zero attached hydrogens (tertiary/aromatic N) is 1. The van der Waals surface area contributed by atoms with Gasteiger partial charge in [-0.2, -0.15) is 0 Å². The molecule has 5 heteroatoms. The molecule has 0 aliphatic carbocycles. The number of carbonyl (C=O) groups excluding carboxylic acids is 1. The number of pyridine rings is 1. The first-order valence-electron chi connectivity index (χ1n) is 5.86. The highest BCUT2D eigenvalue weighted by molar-refractivity contribution is 7.80. The van der Waals surface area contributed by atoms with E-state index < -0.39 is 0 Å². The lowest BCUT2D eigenvalue weighted by Gasteiger charge is -2.20. The van der Waals surface area contributed by atoms with Crippen LogP contribution in [0.1, 0.15) is 21.5 Å². The van der Waals surface area contributed by atoms with Gasteiger partial charge in [-0.15, -0.1) is 0 Å². The van der Waals surface area contributed by atoms with Gasteiger partial charge in [0.25, 0.3) is 0 Å². The summed E-state index contributed by atoms with van der Waals surface area (Å²) in [4.78, 5) is 16.3. The minimum absolute atomic E-state index is 0.0240. The summed E-state index contributed by atoms with van der Waals surface area (Å²) in [6.07, 6.45) is 3.23. The van der Waals surface area contributed by atoms with Crippen molar-refractivity contribution in [3.05, 3.63) is 59.4 Å². The first kappa shape index (κ1) is 11.8. The van der Waals surface area contributed by atoms with Crippen molar-refractivity contribution in [2.75, 3.05) is 5.32 Å². The van der Waals surface area contributed by atoms with Crippen LogP contribution in [-0.4, -0.2) is 15.9 Å². The molecular weight excluding hydrogens is 258 g/mol. The van der Waals surface area contributed by atoms with Crippen LogP contribution in [0.3, 0.4) is 0 Å². The fourth-order valence-corrected chi connectivity index (χ4v) is 2.19. The Hall–Kier alpha value is -2.27. The molecule has 1 aromatic heterocycles. The summed E-state index contributed by atoms with van der Waals surface area (Å²) >= 11 is 5.05. The molecule has 0 bridgehead atoms. The first-order chi connectivity index (χ1) is 9.24. The van der Waals surface area contributed by atoms with Crippen LogP contribution in [-0.2, 0) is 6.54 Å². The van der Waals surface area contributed by atoms with Crippen LogP contribution in [0, 0.1) is 0 Å². The maximum atomic E-state index is 12.3. The molecule has 0 atom stereocenters. The molecular formula is C14H11N3OS. The number of hydrogen-bond acceptors (Lipinski definition) is 3. The molecule has 1 aromatic carbocycles. The lowest BCUT2D eigenvalue weighted by molar-refractivity contribution is 0.103. The van der Waals surface area contributed by atoms with E-state index in [1.54, 1.807) is 30.6 Å². The lowest BCUT2D eigenvalue weighted by Crippen LogP contribution is -2.33. The second-order valence-corrected chi connectivity index (χ2v) is 4.66. The van der Waals surface area contributed by atoms with E-state index in [9.17, 15) is 4.79 Å². The second-order valence-electron chi connectivity index (χ2n) is 4.25. The molecule has 0 fully saturated rings. The summed E-state index contributed by atoms with van der Waals surface area (Å²) in [5.74, 6) is -0.0240. The second kappa shape index (κ2) is 4.78. The molecule has 0 radical (unpaired) electrons. The number of aromatic nitrogens is 1. The first-order valence-corrected chi connectivity index (χ1v) is 6.27. The summed E-state index contributed by atoms with van der Waals surface area (Å²) in [6, 6.07) is 9.08. The Morgan fingerprint density at radius 3 is 2.95 bits per heavy atom. The summed E-state index contributed by atoms with van der Waals surface area (Å²) in [7, 11) is 0. The number of rotatable bonds is 2. The van der Waals surface area contributed by atoms with Gasteiger partial charge >= 0.3 is 0 Å². The van der Waals surface area contributed by atoms with Crippen LogP contribution in [0.15, 0.2) is 42.7 Å². The zero-order chi connectivity index (χ0) is 13.2. The normalized spacial score (nSPS) is 13.2. The van der Waals surface area contributed by atoms with Gasteiger partial charge in [-0.25, -0.2) is 0 Å².